The predicted octanol–water partition coefficient (Wildman–Crippen LogP) is 6.56. The number of rotatable bonds is 11. The zero-order chi connectivity index (χ0) is 16.1. The van der Waals surface area contributed by atoms with Crippen LogP contribution in [0.15, 0.2) is 34.9 Å². The lowest BCUT2D eigenvalue weighted by molar-refractivity contribution is -0.116. The van der Waals surface area contributed by atoms with Gasteiger partial charge in [-0.3, -0.25) is 0 Å². The van der Waals surface area contributed by atoms with Crippen LogP contribution in [0.4, 0.5) is 0 Å². The van der Waals surface area contributed by atoms with Gasteiger partial charge >= 0.3 is 0 Å². The molecular formula is C20H34O. The molecule has 0 saturated heterocycles. The summed E-state index contributed by atoms with van der Waals surface area (Å²) in [6, 6.07) is 0. The van der Waals surface area contributed by atoms with E-state index < -0.39 is 0 Å². The molecule has 0 fully saturated rings. The Morgan fingerprint density at radius 3 is 1.43 bits per heavy atom. The van der Waals surface area contributed by atoms with Crippen LogP contribution in [0.5, 0.6) is 0 Å². The van der Waals surface area contributed by atoms with Crippen LogP contribution >= 0.6 is 0 Å². The van der Waals surface area contributed by atoms with Crippen LogP contribution in [-0.4, -0.2) is 5.78 Å². The second-order valence-electron chi connectivity index (χ2n) is 6.22. The molecule has 0 aliphatic carbocycles. The highest BCUT2D eigenvalue weighted by atomic mass is 16.1. The van der Waals surface area contributed by atoms with Crippen molar-refractivity contribution in [2.24, 2.45) is 0 Å². The molecule has 0 aliphatic heterocycles. The van der Waals surface area contributed by atoms with E-state index in [1.807, 2.05) is 0 Å². The minimum Gasteiger partial charge on any atom is -0.300 e. The number of hydrogen-bond acceptors (Lipinski definition) is 1. The molecule has 0 aliphatic rings. The molecule has 0 amide bonds. The highest BCUT2D eigenvalue weighted by Gasteiger charge is 1.94. The largest absolute Gasteiger partial charge is 0.300 e. The summed E-state index contributed by atoms with van der Waals surface area (Å²) in [6.07, 6.45) is 15.6. The van der Waals surface area contributed by atoms with Gasteiger partial charge in [-0.15, -0.1) is 0 Å². The van der Waals surface area contributed by atoms with Crippen molar-refractivity contribution in [3.05, 3.63) is 34.9 Å². The molecule has 0 unspecified atom stereocenters. The second kappa shape index (κ2) is 12.6. The lowest BCUT2D eigenvalue weighted by Gasteiger charge is -2.02. The van der Waals surface area contributed by atoms with Crippen LogP contribution in [0.2, 0.25) is 0 Å². The Morgan fingerprint density at radius 2 is 1.05 bits per heavy atom. The molecule has 0 saturated carbocycles. The first-order valence-electron chi connectivity index (χ1n) is 8.42. The molecule has 1 nitrogen and oxygen atoms in total. The Hall–Kier alpha value is -1.11. The number of hydrogen-bond donors (Lipinski definition) is 0. The molecule has 0 spiro atoms. The molecular weight excluding hydrogens is 256 g/mol. The molecule has 0 N–H and O–H groups in total. The molecule has 0 heterocycles. The van der Waals surface area contributed by atoms with Gasteiger partial charge in [-0.25, -0.2) is 0 Å². The van der Waals surface area contributed by atoms with E-state index in [1.165, 1.54) is 42.4 Å². The van der Waals surface area contributed by atoms with Crippen LogP contribution in [0.25, 0.3) is 0 Å². The smallest absolute Gasteiger partial charge is 0.130 e. The SMILES string of the molecule is CCCC(C)=CCC/C(C)=C/CC/C(C)=C/CCC(C)=O. The highest BCUT2D eigenvalue weighted by Crippen LogP contribution is 2.13. The molecule has 0 aromatic rings. The van der Waals surface area contributed by atoms with E-state index in [2.05, 4.69) is 45.9 Å². The summed E-state index contributed by atoms with van der Waals surface area (Å²) in [6.45, 7) is 10.5. The third kappa shape index (κ3) is 13.6. The zero-order valence-electron chi connectivity index (χ0n) is 14.8. The summed E-state index contributed by atoms with van der Waals surface area (Å²) in [5.41, 5.74) is 4.42. The van der Waals surface area contributed by atoms with Crippen LogP contribution in [-0.2, 0) is 4.79 Å². The first-order valence-corrected chi connectivity index (χ1v) is 8.42. The van der Waals surface area contributed by atoms with Crippen molar-refractivity contribution in [1.29, 1.82) is 0 Å². The van der Waals surface area contributed by atoms with Gasteiger partial charge in [-0.1, -0.05) is 48.3 Å². The normalized spacial score (nSPS) is 13.7. The Labute approximate surface area is 132 Å². The van der Waals surface area contributed by atoms with Gasteiger partial charge in [-0.2, -0.15) is 0 Å². The fourth-order valence-corrected chi connectivity index (χ4v) is 2.31. The quantitative estimate of drug-likeness (QED) is 0.394. The molecule has 1 heteroatoms. The number of carbonyl (C=O) groups is 1. The third-order valence-corrected chi connectivity index (χ3v) is 3.70. The number of allylic oxidation sites excluding steroid dienone is 6. The topological polar surface area (TPSA) is 17.1 Å². The van der Waals surface area contributed by atoms with Gasteiger partial charge in [0.1, 0.15) is 5.78 Å². The average molecular weight is 290 g/mol. The molecule has 0 rings (SSSR count). The predicted molar refractivity (Wildman–Crippen MR) is 94.6 cm³/mol. The second-order valence-corrected chi connectivity index (χ2v) is 6.22. The summed E-state index contributed by atoms with van der Waals surface area (Å²) >= 11 is 0. The standard InChI is InChI=1S/C20H34O/c1-6-10-17(2)11-7-12-18(3)13-8-14-19(4)15-9-16-20(5)21/h11,13,15H,6-10,12,14,16H2,1-5H3/b17-11?,18-13+,19-15+. The van der Waals surface area contributed by atoms with Crippen LogP contribution in [0, 0.1) is 0 Å². The third-order valence-electron chi connectivity index (χ3n) is 3.70. The summed E-state index contributed by atoms with van der Waals surface area (Å²) in [5, 5.41) is 0. The maximum Gasteiger partial charge on any atom is 0.130 e. The Kier molecular flexibility index (Phi) is 12.0. The minimum atomic E-state index is 0.279. The van der Waals surface area contributed by atoms with E-state index in [0.717, 1.165) is 19.3 Å². The average Bonchev–Trinajstić information content (AvgIpc) is 2.38. The summed E-state index contributed by atoms with van der Waals surface area (Å²) < 4.78 is 0. The first kappa shape index (κ1) is 19.9. The number of ketones is 1. The van der Waals surface area contributed by atoms with Gasteiger partial charge < -0.3 is 4.79 Å². The molecule has 0 radical (unpaired) electrons. The molecule has 0 aromatic heterocycles. The van der Waals surface area contributed by atoms with Crippen LogP contribution in [0.3, 0.4) is 0 Å². The zero-order valence-corrected chi connectivity index (χ0v) is 14.8. The maximum atomic E-state index is 10.9. The van der Waals surface area contributed by atoms with Crippen molar-refractivity contribution in [2.75, 3.05) is 0 Å². The van der Waals surface area contributed by atoms with Gasteiger partial charge in [0, 0.05) is 6.42 Å². The monoisotopic (exact) mass is 290 g/mol. The van der Waals surface area contributed by atoms with Crippen molar-refractivity contribution in [3.63, 3.8) is 0 Å². The fourth-order valence-electron chi connectivity index (χ4n) is 2.31. The van der Waals surface area contributed by atoms with Crippen LogP contribution in [0.1, 0.15) is 86.0 Å². The van der Waals surface area contributed by atoms with Gasteiger partial charge in [0.2, 0.25) is 0 Å². The van der Waals surface area contributed by atoms with Crippen molar-refractivity contribution < 1.29 is 4.79 Å². The lowest BCUT2D eigenvalue weighted by atomic mass is 10.0. The number of Topliss-reactive ketones (excluding diaryl/α,β-unsaturated/α-hetero) is 1. The van der Waals surface area contributed by atoms with E-state index in [-0.39, 0.29) is 5.78 Å². The van der Waals surface area contributed by atoms with E-state index >= 15 is 0 Å². The van der Waals surface area contributed by atoms with E-state index in [0.29, 0.717) is 6.42 Å². The van der Waals surface area contributed by atoms with Crippen molar-refractivity contribution in [2.45, 2.75) is 86.0 Å². The maximum absolute atomic E-state index is 10.9. The minimum absolute atomic E-state index is 0.279. The van der Waals surface area contributed by atoms with Gasteiger partial charge in [0.15, 0.2) is 0 Å². The van der Waals surface area contributed by atoms with E-state index in [1.54, 1.807) is 6.92 Å². The lowest BCUT2D eigenvalue weighted by Crippen LogP contribution is -1.87. The van der Waals surface area contributed by atoms with Crippen molar-refractivity contribution in [1.82, 2.24) is 0 Å². The molecule has 0 atom stereocenters. The van der Waals surface area contributed by atoms with Gasteiger partial charge in [0.05, 0.1) is 0 Å². The molecule has 0 aromatic carbocycles. The van der Waals surface area contributed by atoms with Gasteiger partial charge in [0.25, 0.3) is 0 Å². The summed E-state index contributed by atoms with van der Waals surface area (Å²) in [7, 11) is 0. The first-order chi connectivity index (χ1) is 9.95. The number of carbonyl (C=O) groups excluding carboxylic acids is 1. The van der Waals surface area contributed by atoms with E-state index in [9.17, 15) is 4.79 Å². The Morgan fingerprint density at radius 1 is 0.667 bits per heavy atom. The van der Waals surface area contributed by atoms with Gasteiger partial charge in [-0.05, 0) is 66.2 Å². The van der Waals surface area contributed by atoms with Crippen molar-refractivity contribution >= 4 is 5.78 Å². The van der Waals surface area contributed by atoms with E-state index in [4.69, 9.17) is 0 Å². The van der Waals surface area contributed by atoms with Crippen molar-refractivity contribution in [3.8, 4) is 0 Å². The fraction of sp³-hybridized carbons (Fsp3) is 0.650. The summed E-state index contributed by atoms with van der Waals surface area (Å²) in [5.74, 6) is 0.279. The Balaban J connectivity index is 3.91. The Bertz CT molecular complexity index is 383. The molecule has 0 bridgehead atoms. The summed E-state index contributed by atoms with van der Waals surface area (Å²) in [4.78, 5) is 10.9. The van der Waals surface area contributed by atoms with Crippen LogP contribution < -0.4 is 0 Å². The molecule has 120 valence electrons. The highest BCUT2D eigenvalue weighted by molar-refractivity contribution is 5.75. The molecule has 21 heavy (non-hydrogen) atoms.